The summed E-state index contributed by atoms with van der Waals surface area (Å²) >= 11 is 0. The maximum Gasteiger partial charge on any atom is 0.274 e. The van der Waals surface area contributed by atoms with E-state index in [9.17, 15) is 9.18 Å². The van der Waals surface area contributed by atoms with Gasteiger partial charge in [0.1, 0.15) is 5.82 Å². The van der Waals surface area contributed by atoms with Gasteiger partial charge in [0.15, 0.2) is 5.69 Å². The fourth-order valence-corrected chi connectivity index (χ4v) is 4.53. The van der Waals surface area contributed by atoms with Crippen molar-refractivity contribution in [1.29, 1.82) is 0 Å². The molecule has 0 spiro atoms. The third-order valence-electron chi connectivity index (χ3n) is 6.28. The van der Waals surface area contributed by atoms with E-state index in [0.29, 0.717) is 44.5 Å². The van der Waals surface area contributed by atoms with Crippen molar-refractivity contribution in [3.8, 4) is 0 Å². The highest BCUT2D eigenvalue weighted by Gasteiger charge is 2.31. The second-order valence-corrected chi connectivity index (χ2v) is 9.15. The molecule has 1 fully saturated rings. The Morgan fingerprint density at radius 2 is 2.10 bits per heavy atom. The van der Waals surface area contributed by atoms with Crippen LogP contribution in [0.2, 0.25) is 0 Å². The molecule has 0 saturated carbocycles. The van der Waals surface area contributed by atoms with E-state index < -0.39 is 0 Å². The number of carbonyl (C=O) groups excluding carboxylic acids is 1. The number of benzene rings is 1. The minimum atomic E-state index is -0.207. The lowest BCUT2D eigenvalue weighted by Crippen LogP contribution is -2.41. The highest BCUT2D eigenvalue weighted by atomic mass is 19.1. The van der Waals surface area contributed by atoms with Gasteiger partial charge in [-0.25, -0.2) is 4.39 Å². The van der Waals surface area contributed by atoms with Gasteiger partial charge in [-0.2, -0.15) is 5.10 Å². The zero-order chi connectivity index (χ0) is 22.0. The molecule has 1 aliphatic carbocycles. The predicted octanol–water partition coefficient (Wildman–Crippen LogP) is 3.11. The maximum absolute atomic E-state index is 13.6. The molecular formula is C24H33FN4O2. The summed E-state index contributed by atoms with van der Waals surface area (Å²) in [6.45, 7) is 10.2. The lowest BCUT2D eigenvalue weighted by atomic mass is 9.90. The van der Waals surface area contributed by atoms with Gasteiger partial charge in [0.05, 0.1) is 13.2 Å². The van der Waals surface area contributed by atoms with Gasteiger partial charge in [-0.1, -0.05) is 19.9 Å². The molecule has 31 heavy (non-hydrogen) atoms. The quantitative estimate of drug-likeness (QED) is 0.768. The summed E-state index contributed by atoms with van der Waals surface area (Å²) in [4.78, 5) is 15.1. The molecule has 1 amide bonds. The number of hydrogen-bond acceptors (Lipinski definition) is 4. The Bertz CT molecular complexity index is 934. The largest absolute Gasteiger partial charge is 0.378 e. The highest BCUT2D eigenvalue weighted by Crippen LogP contribution is 2.27. The Balaban J connectivity index is 1.53. The van der Waals surface area contributed by atoms with Crippen molar-refractivity contribution in [3.63, 3.8) is 0 Å². The molecule has 7 heteroatoms. The average molecular weight is 429 g/mol. The number of aryl methyl sites for hydroxylation is 1. The van der Waals surface area contributed by atoms with Crippen LogP contribution in [0, 0.1) is 18.7 Å². The van der Waals surface area contributed by atoms with Gasteiger partial charge in [-0.05, 0) is 55.4 Å². The monoisotopic (exact) mass is 428 g/mol. The van der Waals surface area contributed by atoms with Crippen LogP contribution in [0.1, 0.15) is 53.1 Å². The first-order chi connectivity index (χ1) is 14.9. The maximum atomic E-state index is 13.6. The smallest absolute Gasteiger partial charge is 0.274 e. The second-order valence-electron chi connectivity index (χ2n) is 9.15. The van der Waals surface area contributed by atoms with E-state index >= 15 is 0 Å². The summed E-state index contributed by atoms with van der Waals surface area (Å²) < 4.78 is 21.1. The predicted molar refractivity (Wildman–Crippen MR) is 118 cm³/mol. The van der Waals surface area contributed by atoms with Gasteiger partial charge >= 0.3 is 0 Å². The van der Waals surface area contributed by atoms with Crippen LogP contribution in [0.5, 0.6) is 0 Å². The lowest BCUT2D eigenvalue weighted by Gasteiger charge is -2.28. The Labute approximate surface area is 183 Å². The van der Waals surface area contributed by atoms with E-state index in [2.05, 4.69) is 23.8 Å². The third-order valence-corrected chi connectivity index (χ3v) is 6.28. The molecule has 1 atom stereocenters. The van der Waals surface area contributed by atoms with Gasteiger partial charge in [0, 0.05) is 43.5 Å². The number of aromatic nitrogens is 2. The minimum Gasteiger partial charge on any atom is -0.378 e. The number of rotatable bonds is 6. The third kappa shape index (κ3) is 4.99. The normalized spacial score (nSPS) is 19.0. The van der Waals surface area contributed by atoms with E-state index in [0.717, 1.165) is 42.5 Å². The summed E-state index contributed by atoms with van der Waals surface area (Å²) in [6.07, 6.45) is 2.65. The van der Waals surface area contributed by atoms with Crippen molar-refractivity contribution in [2.24, 2.45) is 5.92 Å². The van der Waals surface area contributed by atoms with Gasteiger partial charge < -0.3 is 15.0 Å². The van der Waals surface area contributed by atoms with Gasteiger partial charge in [-0.15, -0.1) is 0 Å². The van der Waals surface area contributed by atoms with Crippen molar-refractivity contribution in [1.82, 2.24) is 20.0 Å². The number of halogens is 1. The molecule has 2 aliphatic rings. The number of nitrogens with one attached hydrogen (secondary N) is 1. The Kier molecular flexibility index (Phi) is 6.72. The van der Waals surface area contributed by atoms with Crippen LogP contribution in [0.25, 0.3) is 0 Å². The first-order valence-electron chi connectivity index (χ1n) is 11.4. The van der Waals surface area contributed by atoms with E-state index in [1.54, 1.807) is 6.07 Å². The van der Waals surface area contributed by atoms with Crippen LogP contribution < -0.4 is 5.32 Å². The molecule has 2 aromatic rings. The van der Waals surface area contributed by atoms with Crippen molar-refractivity contribution >= 4 is 5.91 Å². The summed E-state index contributed by atoms with van der Waals surface area (Å²) in [5, 5.41) is 8.39. The number of ether oxygens (including phenoxy) is 1. The Morgan fingerprint density at radius 1 is 1.32 bits per heavy atom. The van der Waals surface area contributed by atoms with E-state index in [1.807, 2.05) is 17.9 Å². The van der Waals surface area contributed by atoms with Crippen LogP contribution in [0.4, 0.5) is 4.39 Å². The summed E-state index contributed by atoms with van der Waals surface area (Å²) in [5.74, 6) is 0.271. The Morgan fingerprint density at radius 3 is 2.84 bits per heavy atom. The zero-order valence-corrected chi connectivity index (χ0v) is 18.8. The number of morpholine rings is 1. The van der Waals surface area contributed by atoms with Gasteiger partial charge in [0.25, 0.3) is 5.91 Å². The number of carbonyl (C=O) groups is 1. The molecule has 1 aromatic carbocycles. The second kappa shape index (κ2) is 9.49. The summed E-state index contributed by atoms with van der Waals surface area (Å²) in [5.41, 5.74) is 4.94. The standard InChI is InChI=1S/C24H33FN4O2/c1-16(2)15-29-22-7-6-20(26-14-18-12-19(25)5-4-17(18)3)13-21(22)23(27-29)24(30)28-8-10-31-11-9-28/h4-5,12,16,20,26H,6-11,13-15H2,1-3H3. The molecule has 0 bridgehead atoms. The van der Waals surface area contributed by atoms with Crippen LogP contribution in [0.15, 0.2) is 18.2 Å². The lowest BCUT2D eigenvalue weighted by molar-refractivity contribution is 0.0297. The topological polar surface area (TPSA) is 59.4 Å². The molecule has 6 nitrogen and oxygen atoms in total. The van der Waals surface area contributed by atoms with E-state index in [1.165, 1.54) is 11.8 Å². The van der Waals surface area contributed by atoms with Gasteiger partial charge in [-0.3, -0.25) is 9.48 Å². The number of amides is 1. The molecule has 1 unspecified atom stereocenters. The van der Waals surface area contributed by atoms with Crippen LogP contribution in [-0.4, -0.2) is 52.9 Å². The van der Waals surface area contributed by atoms with Crippen molar-refractivity contribution in [2.45, 2.75) is 59.2 Å². The highest BCUT2D eigenvalue weighted by molar-refractivity contribution is 5.94. The molecule has 0 radical (unpaired) electrons. The van der Waals surface area contributed by atoms with Crippen molar-refractivity contribution in [3.05, 3.63) is 52.1 Å². The van der Waals surface area contributed by atoms with Crippen LogP contribution in [-0.2, 0) is 30.7 Å². The molecule has 168 valence electrons. The molecule has 1 aromatic heterocycles. The Hall–Kier alpha value is -2.25. The molecule has 2 heterocycles. The summed E-state index contributed by atoms with van der Waals surface area (Å²) in [7, 11) is 0. The van der Waals surface area contributed by atoms with Gasteiger partial charge in [0.2, 0.25) is 0 Å². The van der Waals surface area contributed by atoms with E-state index in [4.69, 9.17) is 9.84 Å². The fourth-order valence-electron chi connectivity index (χ4n) is 4.53. The fraction of sp³-hybridized carbons (Fsp3) is 0.583. The SMILES string of the molecule is Cc1ccc(F)cc1CNC1CCc2c(c(C(=O)N3CCOCC3)nn2CC(C)C)C1. The number of nitrogens with zero attached hydrogens (tertiary/aromatic N) is 3. The molecule has 1 aliphatic heterocycles. The number of hydrogen-bond donors (Lipinski definition) is 1. The van der Waals surface area contributed by atoms with Crippen molar-refractivity contribution < 1.29 is 13.9 Å². The number of fused-ring (bicyclic) bond motifs is 1. The van der Waals surface area contributed by atoms with Crippen molar-refractivity contribution in [2.75, 3.05) is 26.3 Å². The van der Waals surface area contributed by atoms with E-state index in [-0.39, 0.29) is 17.8 Å². The zero-order valence-electron chi connectivity index (χ0n) is 18.8. The minimum absolute atomic E-state index is 0.0173. The summed E-state index contributed by atoms with van der Waals surface area (Å²) in [6, 6.07) is 5.16. The first kappa shape index (κ1) is 22.0. The molecular weight excluding hydrogens is 395 g/mol. The molecule has 4 rings (SSSR count). The average Bonchev–Trinajstić information content (AvgIpc) is 3.11. The van der Waals surface area contributed by atoms with Crippen LogP contribution >= 0.6 is 0 Å². The molecule has 1 N–H and O–H groups in total. The van der Waals surface area contributed by atoms with Crippen LogP contribution in [0.3, 0.4) is 0 Å². The molecule has 1 saturated heterocycles. The first-order valence-corrected chi connectivity index (χ1v) is 11.4.